The predicted octanol–water partition coefficient (Wildman–Crippen LogP) is -0.357. The second-order valence-corrected chi connectivity index (χ2v) is 4.33. The topological polar surface area (TPSA) is 81.7 Å². The summed E-state index contributed by atoms with van der Waals surface area (Å²) in [5.41, 5.74) is 0. The number of rotatable bonds is 0. The molecule has 0 saturated carbocycles. The minimum Gasteiger partial charge on any atom is -0.462 e. The van der Waals surface area contributed by atoms with Crippen molar-refractivity contribution in [3.8, 4) is 0 Å². The maximum Gasteiger partial charge on any atom is 0.332 e. The van der Waals surface area contributed by atoms with Gasteiger partial charge in [0, 0.05) is 0 Å². The van der Waals surface area contributed by atoms with Gasteiger partial charge in [-0.05, 0) is 0 Å². The molecule has 0 aromatic rings. The summed E-state index contributed by atoms with van der Waals surface area (Å²) in [5.74, 6) is -0.411. The summed E-state index contributed by atoms with van der Waals surface area (Å²) < 4.78 is 36.6. The molecule has 130 valence electrons. The van der Waals surface area contributed by atoms with Gasteiger partial charge in [0.15, 0.2) is 0 Å². The third kappa shape index (κ3) is 12.9. The van der Waals surface area contributed by atoms with E-state index in [2.05, 4.69) is 0 Å². The first-order valence-corrected chi connectivity index (χ1v) is 7.51. The Morgan fingerprint density at radius 1 is 0.455 bits per heavy atom. The first-order chi connectivity index (χ1) is 10.9. The summed E-state index contributed by atoms with van der Waals surface area (Å²) in [7, 11) is 0. The van der Waals surface area contributed by atoms with Crippen molar-refractivity contribution >= 4 is 5.97 Å². The fraction of sp³-hybridized carbons (Fsp3) is 0.929. The Morgan fingerprint density at radius 2 is 0.773 bits per heavy atom. The molecule has 0 amide bonds. The van der Waals surface area contributed by atoms with Crippen molar-refractivity contribution in [3.05, 3.63) is 0 Å². The zero-order valence-corrected chi connectivity index (χ0v) is 13.0. The average Bonchev–Trinajstić information content (AvgIpc) is 2.52. The lowest BCUT2D eigenvalue weighted by Gasteiger charge is -2.07. The molecular formula is C14H26O8. The van der Waals surface area contributed by atoms with Gasteiger partial charge >= 0.3 is 5.97 Å². The van der Waals surface area contributed by atoms with E-state index in [-0.39, 0.29) is 13.2 Å². The van der Waals surface area contributed by atoms with Crippen LogP contribution in [0.3, 0.4) is 0 Å². The van der Waals surface area contributed by atoms with Crippen molar-refractivity contribution < 1.29 is 38.0 Å². The monoisotopic (exact) mass is 322 g/mol. The fourth-order valence-corrected chi connectivity index (χ4v) is 1.51. The van der Waals surface area contributed by atoms with Gasteiger partial charge in [0.2, 0.25) is 0 Å². The lowest BCUT2D eigenvalue weighted by molar-refractivity contribution is -0.151. The Balaban J connectivity index is 2.09. The molecular weight excluding hydrogens is 296 g/mol. The van der Waals surface area contributed by atoms with Gasteiger partial charge in [-0.2, -0.15) is 0 Å². The van der Waals surface area contributed by atoms with Crippen LogP contribution >= 0.6 is 0 Å². The van der Waals surface area contributed by atoms with Crippen LogP contribution in [0.2, 0.25) is 0 Å². The van der Waals surface area contributed by atoms with Crippen molar-refractivity contribution in [2.24, 2.45) is 0 Å². The van der Waals surface area contributed by atoms with Gasteiger partial charge in [-0.25, -0.2) is 4.79 Å². The molecule has 0 atom stereocenters. The quantitative estimate of drug-likeness (QED) is 0.560. The molecule has 8 nitrogen and oxygen atoms in total. The molecule has 8 heteroatoms. The smallest absolute Gasteiger partial charge is 0.332 e. The van der Waals surface area contributed by atoms with Crippen LogP contribution in [-0.4, -0.2) is 91.9 Å². The summed E-state index contributed by atoms with van der Waals surface area (Å²) in [6.07, 6.45) is 0. The van der Waals surface area contributed by atoms with E-state index < -0.39 is 5.97 Å². The van der Waals surface area contributed by atoms with E-state index in [1.165, 1.54) is 0 Å². The van der Waals surface area contributed by atoms with Crippen molar-refractivity contribution in [1.82, 2.24) is 0 Å². The molecule has 0 bridgehead atoms. The standard InChI is InChI=1S/C14H26O8/c15-14-13-21-10-9-19-6-5-17-2-1-16-3-4-18-7-8-20-11-12-22-14/h1-13H2. The molecule has 1 aliphatic heterocycles. The lowest BCUT2D eigenvalue weighted by Crippen LogP contribution is -2.18. The summed E-state index contributed by atoms with van der Waals surface area (Å²) >= 11 is 0. The van der Waals surface area contributed by atoms with E-state index >= 15 is 0 Å². The van der Waals surface area contributed by atoms with Crippen LogP contribution in [0.15, 0.2) is 0 Å². The van der Waals surface area contributed by atoms with Gasteiger partial charge in [-0.3, -0.25) is 0 Å². The predicted molar refractivity (Wildman–Crippen MR) is 75.9 cm³/mol. The first kappa shape index (κ1) is 19.3. The second kappa shape index (κ2) is 15.1. The van der Waals surface area contributed by atoms with Crippen molar-refractivity contribution in [2.45, 2.75) is 0 Å². The number of carbonyl (C=O) groups is 1. The van der Waals surface area contributed by atoms with E-state index in [1.54, 1.807) is 0 Å². The second-order valence-electron chi connectivity index (χ2n) is 4.33. The average molecular weight is 322 g/mol. The molecule has 0 aliphatic carbocycles. The van der Waals surface area contributed by atoms with Gasteiger partial charge in [-0.1, -0.05) is 0 Å². The number of ether oxygens (including phenoxy) is 7. The third-order valence-corrected chi connectivity index (χ3v) is 2.57. The molecule has 0 radical (unpaired) electrons. The van der Waals surface area contributed by atoms with Gasteiger partial charge in [-0.15, -0.1) is 0 Å². The van der Waals surface area contributed by atoms with Gasteiger partial charge < -0.3 is 33.2 Å². The Kier molecular flexibility index (Phi) is 13.3. The number of hydrogen-bond donors (Lipinski definition) is 0. The number of hydrogen-bond acceptors (Lipinski definition) is 8. The number of carbonyl (C=O) groups excluding carboxylic acids is 1. The molecule has 1 saturated heterocycles. The maximum atomic E-state index is 11.3. The molecule has 1 rings (SSSR count). The number of esters is 1. The zero-order chi connectivity index (χ0) is 15.7. The highest BCUT2D eigenvalue weighted by molar-refractivity contribution is 5.70. The molecule has 0 spiro atoms. The molecule has 0 aromatic carbocycles. The normalized spacial score (nSPS) is 23.2. The fourth-order valence-electron chi connectivity index (χ4n) is 1.51. The minimum atomic E-state index is -0.411. The Hall–Kier alpha value is -0.770. The van der Waals surface area contributed by atoms with E-state index in [4.69, 9.17) is 33.2 Å². The highest BCUT2D eigenvalue weighted by atomic mass is 16.6. The highest BCUT2D eigenvalue weighted by Crippen LogP contribution is 1.87. The largest absolute Gasteiger partial charge is 0.462 e. The van der Waals surface area contributed by atoms with Crippen molar-refractivity contribution in [1.29, 1.82) is 0 Å². The summed E-state index contributed by atoms with van der Waals surface area (Å²) in [4.78, 5) is 11.3. The summed E-state index contributed by atoms with van der Waals surface area (Å²) in [5, 5.41) is 0. The Morgan fingerprint density at radius 3 is 1.18 bits per heavy atom. The SMILES string of the molecule is O=C1COCCOCCOCCOCCOCCOCCO1. The first-order valence-electron chi connectivity index (χ1n) is 7.51. The molecule has 1 heterocycles. The molecule has 0 unspecified atom stereocenters. The Bertz CT molecular complexity index is 237. The molecule has 22 heavy (non-hydrogen) atoms. The van der Waals surface area contributed by atoms with Crippen LogP contribution in [0, 0.1) is 0 Å². The van der Waals surface area contributed by atoms with E-state index in [0.29, 0.717) is 72.7 Å². The van der Waals surface area contributed by atoms with Crippen LogP contribution in [0.5, 0.6) is 0 Å². The molecule has 1 aliphatic rings. The van der Waals surface area contributed by atoms with Crippen molar-refractivity contribution in [3.63, 3.8) is 0 Å². The minimum absolute atomic E-state index is 0.0830. The highest BCUT2D eigenvalue weighted by Gasteiger charge is 2.03. The van der Waals surface area contributed by atoms with Crippen LogP contribution in [0.25, 0.3) is 0 Å². The lowest BCUT2D eigenvalue weighted by atomic mass is 10.6. The Labute approximate surface area is 130 Å². The zero-order valence-electron chi connectivity index (χ0n) is 13.0. The van der Waals surface area contributed by atoms with E-state index in [0.717, 1.165) is 0 Å². The van der Waals surface area contributed by atoms with Gasteiger partial charge in [0.05, 0.1) is 72.7 Å². The van der Waals surface area contributed by atoms with Crippen LogP contribution in [0.1, 0.15) is 0 Å². The van der Waals surface area contributed by atoms with E-state index in [9.17, 15) is 4.79 Å². The van der Waals surface area contributed by atoms with Crippen LogP contribution < -0.4 is 0 Å². The molecule has 0 N–H and O–H groups in total. The van der Waals surface area contributed by atoms with Crippen molar-refractivity contribution in [2.75, 3.05) is 85.9 Å². The summed E-state index contributed by atoms with van der Waals surface area (Å²) in [6, 6.07) is 0. The molecule has 1 fully saturated rings. The van der Waals surface area contributed by atoms with Crippen LogP contribution in [0.4, 0.5) is 0 Å². The van der Waals surface area contributed by atoms with Crippen LogP contribution in [-0.2, 0) is 38.0 Å². The van der Waals surface area contributed by atoms with Gasteiger partial charge in [0.1, 0.15) is 13.2 Å². The molecule has 0 aromatic heterocycles. The summed E-state index contributed by atoms with van der Waals surface area (Å²) in [6.45, 7) is 5.21. The number of cyclic esters (lactones) is 1. The third-order valence-electron chi connectivity index (χ3n) is 2.57. The van der Waals surface area contributed by atoms with E-state index in [1.807, 2.05) is 0 Å². The van der Waals surface area contributed by atoms with Gasteiger partial charge in [0.25, 0.3) is 0 Å². The maximum absolute atomic E-state index is 11.3.